The van der Waals surface area contributed by atoms with Gasteiger partial charge in [0.05, 0.1) is 0 Å². The van der Waals surface area contributed by atoms with Crippen molar-refractivity contribution < 1.29 is 5.11 Å². The van der Waals surface area contributed by atoms with E-state index in [1.54, 1.807) is 12.1 Å². The van der Waals surface area contributed by atoms with Crippen LogP contribution in [-0.2, 0) is 11.5 Å². The summed E-state index contributed by atoms with van der Waals surface area (Å²) in [5, 5.41) is 11.2. The summed E-state index contributed by atoms with van der Waals surface area (Å²) in [4.78, 5) is 0. The number of hydrogen-bond acceptors (Lipinski definition) is 0. The molecule has 1 aromatic rings. The molecule has 1 unspecified atom stereocenters. The third-order valence-corrected chi connectivity index (χ3v) is 2.33. The summed E-state index contributed by atoms with van der Waals surface area (Å²) in [5.41, 5.74) is 0.866. The van der Waals surface area contributed by atoms with Crippen LogP contribution in [0.4, 0.5) is 0 Å². The Bertz CT molecular complexity index is 247. The van der Waals surface area contributed by atoms with Gasteiger partial charge in [-0.3, -0.25) is 5.11 Å². The van der Waals surface area contributed by atoms with E-state index in [9.17, 15) is 5.11 Å². The van der Waals surface area contributed by atoms with Crippen LogP contribution in [0.1, 0.15) is 12.5 Å². The van der Waals surface area contributed by atoms with Crippen LogP contribution in [0, 0.1) is 5.92 Å². The monoisotopic (exact) mass is 183 g/mol. The molecule has 0 heterocycles. The van der Waals surface area contributed by atoms with Crippen molar-refractivity contribution in [2.75, 3.05) is 5.88 Å². The number of rotatable bonds is 3. The van der Waals surface area contributed by atoms with Gasteiger partial charge in [-0.1, -0.05) is 25.1 Å². The highest BCUT2D eigenvalue weighted by molar-refractivity contribution is 6.18. The van der Waals surface area contributed by atoms with E-state index < -0.39 is 0 Å². The van der Waals surface area contributed by atoms with Crippen molar-refractivity contribution in [3.05, 3.63) is 29.8 Å². The first-order chi connectivity index (χ1) is 5.74. The van der Waals surface area contributed by atoms with Crippen LogP contribution in [0.3, 0.4) is 0 Å². The lowest BCUT2D eigenvalue weighted by atomic mass is 10.0. The maximum Gasteiger partial charge on any atom is 0.181 e. The van der Waals surface area contributed by atoms with Gasteiger partial charge in [0.25, 0.3) is 0 Å². The zero-order valence-corrected chi connectivity index (χ0v) is 7.84. The molecule has 12 heavy (non-hydrogen) atoms. The molecular formula is C10H12ClO. The van der Waals surface area contributed by atoms with Gasteiger partial charge in [0, 0.05) is 5.88 Å². The van der Waals surface area contributed by atoms with Crippen molar-refractivity contribution in [3.63, 3.8) is 0 Å². The topological polar surface area (TPSA) is 19.9 Å². The molecule has 0 fully saturated rings. The first-order valence-corrected chi connectivity index (χ1v) is 4.58. The Labute approximate surface area is 78.0 Å². The Morgan fingerprint density at radius 3 is 2.67 bits per heavy atom. The molecule has 1 rings (SSSR count). The van der Waals surface area contributed by atoms with E-state index in [2.05, 4.69) is 0 Å². The van der Waals surface area contributed by atoms with Gasteiger partial charge in [0.15, 0.2) is 5.75 Å². The molecule has 0 bridgehead atoms. The second-order valence-corrected chi connectivity index (χ2v) is 3.38. The number of halogens is 1. The van der Waals surface area contributed by atoms with Crippen molar-refractivity contribution in [2.24, 2.45) is 5.92 Å². The molecule has 0 N–H and O–H groups in total. The van der Waals surface area contributed by atoms with E-state index in [4.69, 9.17) is 11.6 Å². The van der Waals surface area contributed by atoms with E-state index in [1.807, 2.05) is 19.1 Å². The summed E-state index contributed by atoms with van der Waals surface area (Å²) in [7, 11) is 0. The lowest BCUT2D eigenvalue weighted by Gasteiger charge is -2.06. The van der Waals surface area contributed by atoms with Gasteiger partial charge in [0.1, 0.15) is 0 Å². The van der Waals surface area contributed by atoms with E-state index in [0.29, 0.717) is 11.8 Å². The Hall–Kier alpha value is -0.690. The van der Waals surface area contributed by atoms with Gasteiger partial charge < -0.3 is 0 Å². The van der Waals surface area contributed by atoms with Gasteiger partial charge >= 0.3 is 0 Å². The van der Waals surface area contributed by atoms with Gasteiger partial charge in [-0.15, -0.1) is 11.6 Å². The molecule has 1 nitrogen and oxygen atoms in total. The molecule has 0 amide bonds. The number of para-hydroxylation sites is 1. The largest absolute Gasteiger partial charge is 0.290 e. The fourth-order valence-electron chi connectivity index (χ4n) is 1.10. The second-order valence-electron chi connectivity index (χ2n) is 3.07. The Kier molecular flexibility index (Phi) is 3.42. The number of benzene rings is 1. The lowest BCUT2D eigenvalue weighted by molar-refractivity contribution is 0.348. The minimum Gasteiger partial charge on any atom is -0.290 e. The molecule has 1 atom stereocenters. The van der Waals surface area contributed by atoms with E-state index >= 15 is 0 Å². The minimum atomic E-state index is 0.120. The Morgan fingerprint density at radius 2 is 2.08 bits per heavy atom. The standard InChI is InChI=1S/C10H12ClO/c1-8(7-11)6-9-4-2-3-5-10(9)12/h2-5,8H,6-7H2,1H3. The number of hydrogen-bond donors (Lipinski definition) is 0. The Morgan fingerprint density at radius 1 is 1.42 bits per heavy atom. The minimum absolute atomic E-state index is 0.120. The molecule has 0 saturated carbocycles. The van der Waals surface area contributed by atoms with Crippen LogP contribution in [0.25, 0.3) is 0 Å². The van der Waals surface area contributed by atoms with Gasteiger partial charge in [-0.05, 0) is 24.0 Å². The zero-order valence-electron chi connectivity index (χ0n) is 7.09. The van der Waals surface area contributed by atoms with Crippen LogP contribution in [-0.4, -0.2) is 5.88 Å². The summed E-state index contributed by atoms with van der Waals surface area (Å²) in [5.74, 6) is 1.10. The van der Waals surface area contributed by atoms with Crippen molar-refractivity contribution >= 4 is 11.6 Å². The maximum atomic E-state index is 11.2. The van der Waals surface area contributed by atoms with E-state index in [-0.39, 0.29) is 5.75 Å². The van der Waals surface area contributed by atoms with Crippen LogP contribution in [0.2, 0.25) is 0 Å². The van der Waals surface area contributed by atoms with Gasteiger partial charge in [-0.2, -0.15) is 0 Å². The first kappa shape index (κ1) is 9.40. The average Bonchev–Trinajstić information content (AvgIpc) is 2.09. The zero-order chi connectivity index (χ0) is 8.97. The SMILES string of the molecule is CC(CCl)Cc1ccccc1[O]. The molecular weight excluding hydrogens is 172 g/mol. The predicted octanol–water partition coefficient (Wildman–Crippen LogP) is 3.25. The van der Waals surface area contributed by atoms with Crippen LogP contribution < -0.4 is 0 Å². The van der Waals surface area contributed by atoms with Gasteiger partial charge in [-0.25, -0.2) is 0 Å². The summed E-state index contributed by atoms with van der Waals surface area (Å²) >= 11 is 5.65. The van der Waals surface area contributed by atoms with Crippen LogP contribution >= 0.6 is 11.6 Å². The maximum absolute atomic E-state index is 11.2. The van der Waals surface area contributed by atoms with E-state index in [1.165, 1.54) is 0 Å². The molecule has 1 radical (unpaired) electrons. The molecule has 0 aliphatic carbocycles. The number of alkyl halides is 1. The molecule has 0 aromatic heterocycles. The fraction of sp³-hybridized carbons (Fsp3) is 0.400. The lowest BCUT2D eigenvalue weighted by Crippen LogP contribution is -2.00. The third-order valence-electron chi connectivity index (χ3n) is 1.80. The Balaban J connectivity index is 2.69. The summed E-state index contributed by atoms with van der Waals surface area (Å²) < 4.78 is 0. The third kappa shape index (κ3) is 2.42. The molecule has 65 valence electrons. The van der Waals surface area contributed by atoms with Crippen LogP contribution in [0.15, 0.2) is 24.3 Å². The molecule has 1 aromatic carbocycles. The first-order valence-electron chi connectivity index (χ1n) is 4.05. The van der Waals surface area contributed by atoms with Gasteiger partial charge in [0.2, 0.25) is 0 Å². The quantitative estimate of drug-likeness (QED) is 0.642. The van der Waals surface area contributed by atoms with Crippen molar-refractivity contribution in [2.45, 2.75) is 13.3 Å². The molecule has 0 aliphatic rings. The summed E-state index contributed by atoms with van der Waals surface area (Å²) in [6.07, 6.45) is 0.781. The summed E-state index contributed by atoms with van der Waals surface area (Å²) in [6, 6.07) is 7.11. The highest BCUT2D eigenvalue weighted by Gasteiger charge is 2.06. The van der Waals surface area contributed by atoms with Crippen molar-refractivity contribution in [1.29, 1.82) is 0 Å². The highest BCUT2D eigenvalue weighted by atomic mass is 35.5. The molecule has 0 aliphatic heterocycles. The fourth-order valence-corrected chi connectivity index (χ4v) is 1.21. The molecule has 2 heteroatoms. The van der Waals surface area contributed by atoms with Crippen molar-refractivity contribution in [1.82, 2.24) is 0 Å². The molecule has 0 saturated heterocycles. The van der Waals surface area contributed by atoms with Crippen molar-refractivity contribution in [3.8, 4) is 5.75 Å². The average molecular weight is 184 g/mol. The van der Waals surface area contributed by atoms with E-state index in [0.717, 1.165) is 12.0 Å². The summed E-state index contributed by atoms with van der Waals surface area (Å²) in [6.45, 7) is 2.04. The predicted molar refractivity (Wildman–Crippen MR) is 50.2 cm³/mol. The normalized spacial score (nSPS) is 12.8. The highest BCUT2D eigenvalue weighted by Crippen LogP contribution is 2.20. The van der Waals surface area contributed by atoms with Crippen LogP contribution in [0.5, 0.6) is 5.75 Å². The second kappa shape index (κ2) is 4.36. The molecule has 0 spiro atoms. The smallest absolute Gasteiger partial charge is 0.181 e.